The minimum Gasteiger partial charge on any atom is -0.381 e. The second-order valence-corrected chi connectivity index (χ2v) is 5.93. The molecule has 0 aliphatic carbocycles. The van der Waals surface area contributed by atoms with E-state index in [1.165, 1.54) is 5.56 Å². The molecule has 1 saturated heterocycles. The SMILES string of the molecule is O=C1NCCc2ccc(C(Br)C3CCOC3)cc21. The van der Waals surface area contributed by atoms with Crippen molar-refractivity contribution in [2.45, 2.75) is 17.7 Å². The molecular weight excluding hydrogens is 294 g/mol. The molecule has 1 amide bonds. The van der Waals surface area contributed by atoms with Crippen molar-refractivity contribution < 1.29 is 9.53 Å². The molecule has 96 valence electrons. The summed E-state index contributed by atoms with van der Waals surface area (Å²) in [4.78, 5) is 12.1. The second-order valence-electron chi connectivity index (χ2n) is 4.95. The molecule has 0 radical (unpaired) electrons. The van der Waals surface area contributed by atoms with Crippen LogP contribution in [0.3, 0.4) is 0 Å². The molecule has 2 aliphatic heterocycles. The molecule has 2 atom stereocenters. The van der Waals surface area contributed by atoms with Gasteiger partial charge >= 0.3 is 0 Å². The van der Waals surface area contributed by atoms with E-state index in [9.17, 15) is 4.79 Å². The second kappa shape index (κ2) is 5.02. The fourth-order valence-corrected chi connectivity index (χ4v) is 3.36. The Hall–Kier alpha value is -0.870. The van der Waals surface area contributed by atoms with Gasteiger partial charge in [0.1, 0.15) is 0 Å². The number of hydrogen-bond acceptors (Lipinski definition) is 2. The lowest BCUT2D eigenvalue weighted by Gasteiger charge is -2.21. The van der Waals surface area contributed by atoms with Crippen LogP contribution in [0, 0.1) is 5.92 Å². The predicted octanol–water partition coefficient (Wildman–Crippen LogP) is 2.45. The first-order valence-electron chi connectivity index (χ1n) is 6.38. The van der Waals surface area contributed by atoms with Crippen LogP contribution in [0.15, 0.2) is 18.2 Å². The molecule has 1 aromatic rings. The van der Waals surface area contributed by atoms with Gasteiger partial charge in [-0.1, -0.05) is 28.1 Å². The highest BCUT2D eigenvalue weighted by molar-refractivity contribution is 9.09. The van der Waals surface area contributed by atoms with E-state index in [4.69, 9.17) is 4.74 Å². The van der Waals surface area contributed by atoms with Crippen molar-refractivity contribution in [3.8, 4) is 0 Å². The Labute approximate surface area is 115 Å². The minimum atomic E-state index is 0.0560. The van der Waals surface area contributed by atoms with Crippen LogP contribution in [-0.2, 0) is 11.2 Å². The number of carbonyl (C=O) groups is 1. The molecule has 1 aromatic carbocycles. The molecule has 0 bridgehead atoms. The molecule has 1 fully saturated rings. The van der Waals surface area contributed by atoms with Crippen LogP contribution in [0.25, 0.3) is 0 Å². The molecule has 18 heavy (non-hydrogen) atoms. The number of alkyl halides is 1. The van der Waals surface area contributed by atoms with Gasteiger partial charge in [0.15, 0.2) is 0 Å². The fraction of sp³-hybridized carbons (Fsp3) is 0.500. The van der Waals surface area contributed by atoms with Crippen molar-refractivity contribution >= 4 is 21.8 Å². The maximum Gasteiger partial charge on any atom is 0.251 e. The number of ether oxygens (including phenoxy) is 1. The monoisotopic (exact) mass is 309 g/mol. The highest BCUT2D eigenvalue weighted by Crippen LogP contribution is 2.36. The predicted molar refractivity (Wildman–Crippen MR) is 73.1 cm³/mol. The van der Waals surface area contributed by atoms with Crippen molar-refractivity contribution in [2.24, 2.45) is 5.92 Å². The number of carbonyl (C=O) groups excluding carboxylic acids is 1. The van der Waals surface area contributed by atoms with Crippen LogP contribution >= 0.6 is 15.9 Å². The summed E-state index contributed by atoms with van der Waals surface area (Å²) >= 11 is 3.75. The van der Waals surface area contributed by atoms with Crippen molar-refractivity contribution in [2.75, 3.05) is 19.8 Å². The smallest absolute Gasteiger partial charge is 0.251 e. The van der Waals surface area contributed by atoms with Gasteiger partial charge in [0, 0.05) is 29.5 Å². The molecule has 1 N–H and O–H groups in total. The van der Waals surface area contributed by atoms with E-state index in [1.54, 1.807) is 0 Å². The lowest BCUT2D eigenvalue weighted by Crippen LogP contribution is -2.31. The number of halogens is 1. The molecule has 0 aromatic heterocycles. The molecule has 2 unspecified atom stereocenters. The van der Waals surface area contributed by atoms with Gasteiger partial charge in [-0.25, -0.2) is 0 Å². The Kier molecular flexibility index (Phi) is 3.39. The third-order valence-electron chi connectivity index (χ3n) is 3.76. The van der Waals surface area contributed by atoms with Crippen LogP contribution in [0.1, 0.15) is 32.7 Å². The van der Waals surface area contributed by atoms with Gasteiger partial charge in [-0.2, -0.15) is 0 Å². The molecule has 2 heterocycles. The highest BCUT2D eigenvalue weighted by Gasteiger charge is 2.26. The summed E-state index contributed by atoms with van der Waals surface area (Å²) in [5, 5.41) is 2.89. The quantitative estimate of drug-likeness (QED) is 0.852. The fourth-order valence-electron chi connectivity index (χ4n) is 2.66. The molecule has 3 nitrogen and oxygen atoms in total. The number of hydrogen-bond donors (Lipinski definition) is 1. The topological polar surface area (TPSA) is 38.3 Å². The van der Waals surface area contributed by atoms with Crippen molar-refractivity contribution in [1.29, 1.82) is 0 Å². The van der Waals surface area contributed by atoms with Gasteiger partial charge in [-0.05, 0) is 30.0 Å². The standard InChI is InChI=1S/C14H16BrNO2/c15-13(11-4-6-18-8-11)10-2-1-9-3-5-16-14(17)12(9)7-10/h1-2,7,11,13H,3-6,8H2,(H,16,17). The summed E-state index contributed by atoms with van der Waals surface area (Å²) in [6.45, 7) is 2.40. The Morgan fingerprint density at radius 3 is 3.11 bits per heavy atom. The van der Waals surface area contributed by atoms with Gasteiger partial charge in [0.05, 0.1) is 6.61 Å². The third-order valence-corrected chi connectivity index (χ3v) is 5.03. The van der Waals surface area contributed by atoms with Crippen LogP contribution in [0.5, 0.6) is 0 Å². The number of fused-ring (bicyclic) bond motifs is 1. The zero-order valence-electron chi connectivity index (χ0n) is 10.1. The average Bonchev–Trinajstić information content (AvgIpc) is 2.92. The van der Waals surface area contributed by atoms with Crippen LogP contribution in [0.2, 0.25) is 0 Å². The maximum absolute atomic E-state index is 11.8. The molecule has 0 spiro atoms. The highest BCUT2D eigenvalue weighted by atomic mass is 79.9. The average molecular weight is 310 g/mol. The van der Waals surface area contributed by atoms with Crippen molar-refractivity contribution in [1.82, 2.24) is 5.32 Å². The van der Waals surface area contributed by atoms with E-state index in [-0.39, 0.29) is 10.7 Å². The van der Waals surface area contributed by atoms with E-state index < -0.39 is 0 Å². The lowest BCUT2D eigenvalue weighted by atomic mass is 9.93. The third kappa shape index (κ3) is 2.19. The Morgan fingerprint density at radius 2 is 2.33 bits per heavy atom. The van der Waals surface area contributed by atoms with Gasteiger partial charge in [-0.15, -0.1) is 0 Å². The van der Waals surface area contributed by atoms with Gasteiger partial charge in [0.25, 0.3) is 5.91 Å². The van der Waals surface area contributed by atoms with E-state index in [1.807, 2.05) is 6.07 Å². The van der Waals surface area contributed by atoms with Gasteiger partial charge in [-0.3, -0.25) is 4.79 Å². The van der Waals surface area contributed by atoms with Crippen LogP contribution < -0.4 is 5.32 Å². The number of amides is 1. The Morgan fingerprint density at radius 1 is 1.44 bits per heavy atom. The lowest BCUT2D eigenvalue weighted by molar-refractivity contribution is 0.0946. The molecule has 2 aliphatic rings. The van der Waals surface area contributed by atoms with E-state index in [0.29, 0.717) is 5.92 Å². The molecule has 3 rings (SSSR count). The van der Waals surface area contributed by atoms with E-state index >= 15 is 0 Å². The number of benzene rings is 1. The molecular formula is C14H16BrNO2. The Bertz CT molecular complexity index is 469. The summed E-state index contributed by atoms with van der Waals surface area (Å²) < 4.78 is 5.42. The first-order chi connectivity index (χ1) is 8.75. The normalized spacial score (nSPS) is 24.5. The first kappa shape index (κ1) is 12.2. The van der Waals surface area contributed by atoms with Crippen LogP contribution in [0.4, 0.5) is 0 Å². The van der Waals surface area contributed by atoms with Crippen LogP contribution in [-0.4, -0.2) is 25.7 Å². The minimum absolute atomic E-state index is 0.0560. The van der Waals surface area contributed by atoms with Gasteiger partial charge in [0.2, 0.25) is 0 Å². The van der Waals surface area contributed by atoms with Gasteiger partial charge < -0.3 is 10.1 Å². The van der Waals surface area contributed by atoms with Crippen molar-refractivity contribution in [3.05, 3.63) is 34.9 Å². The molecule has 4 heteroatoms. The molecule has 0 saturated carbocycles. The number of nitrogens with one attached hydrogen (secondary N) is 1. The van der Waals surface area contributed by atoms with Crippen molar-refractivity contribution in [3.63, 3.8) is 0 Å². The summed E-state index contributed by atoms with van der Waals surface area (Å²) in [6, 6.07) is 6.25. The largest absolute Gasteiger partial charge is 0.381 e. The zero-order valence-corrected chi connectivity index (χ0v) is 11.7. The summed E-state index contributed by atoms with van der Waals surface area (Å²) in [5.41, 5.74) is 3.17. The summed E-state index contributed by atoms with van der Waals surface area (Å²) in [7, 11) is 0. The maximum atomic E-state index is 11.8. The first-order valence-corrected chi connectivity index (χ1v) is 7.30. The summed E-state index contributed by atoms with van der Waals surface area (Å²) in [5.74, 6) is 0.565. The summed E-state index contributed by atoms with van der Waals surface area (Å²) in [6.07, 6.45) is 2.01. The van der Waals surface area contributed by atoms with E-state index in [2.05, 4.69) is 33.4 Å². The number of rotatable bonds is 2. The van der Waals surface area contributed by atoms with E-state index in [0.717, 1.165) is 43.7 Å². The Balaban J connectivity index is 1.88. The zero-order chi connectivity index (χ0) is 12.5.